The molecule has 0 fully saturated rings. The number of hydrogen-bond acceptors (Lipinski definition) is 2. The van der Waals surface area contributed by atoms with E-state index in [0.29, 0.717) is 5.88 Å². The fourth-order valence-corrected chi connectivity index (χ4v) is 3.14. The van der Waals surface area contributed by atoms with Gasteiger partial charge in [0.1, 0.15) is 0 Å². The van der Waals surface area contributed by atoms with Crippen LogP contribution in [0.2, 0.25) is 0 Å². The molecule has 0 amide bonds. The third-order valence-electron chi connectivity index (χ3n) is 1.14. The molecular weight excluding hydrogens is 191 g/mol. The van der Waals surface area contributed by atoms with Gasteiger partial charge in [-0.15, -0.1) is 23.2 Å². The van der Waals surface area contributed by atoms with Gasteiger partial charge in [0.25, 0.3) is 0 Å². The van der Waals surface area contributed by atoms with Gasteiger partial charge >= 0.3 is 9.28 Å². The van der Waals surface area contributed by atoms with E-state index < -0.39 is 9.28 Å². The lowest BCUT2D eigenvalue weighted by molar-refractivity contribution is 0.274. The van der Waals surface area contributed by atoms with Crippen molar-refractivity contribution in [2.24, 2.45) is 0 Å². The molecule has 62 valence electrons. The molecule has 0 N–H and O–H groups in total. The minimum atomic E-state index is -1.62. The van der Waals surface area contributed by atoms with Crippen molar-refractivity contribution in [1.82, 2.24) is 0 Å². The number of alkyl halides is 2. The van der Waals surface area contributed by atoms with E-state index in [0.717, 1.165) is 6.42 Å². The summed E-state index contributed by atoms with van der Waals surface area (Å²) in [5.74, 6) is 0.560. The normalized spacial score (nSPS) is 14.1. The number of hydrogen-bond donors (Lipinski definition) is 0. The molecular formula is C5H12Cl2O2Si. The first-order valence-electron chi connectivity index (χ1n) is 3.01. The largest absolute Gasteiger partial charge is 0.399 e. The first-order valence-corrected chi connectivity index (χ1v) is 5.60. The molecule has 5 heteroatoms. The molecule has 0 saturated heterocycles. The zero-order valence-corrected chi connectivity index (χ0v) is 8.81. The number of halogens is 2. The fraction of sp³-hybridized carbons (Fsp3) is 1.00. The molecule has 0 aliphatic carbocycles. The summed E-state index contributed by atoms with van der Waals surface area (Å²) in [5.41, 5.74) is 0. The van der Waals surface area contributed by atoms with Crippen LogP contribution in [0.1, 0.15) is 6.42 Å². The van der Waals surface area contributed by atoms with Gasteiger partial charge < -0.3 is 8.85 Å². The van der Waals surface area contributed by atoms with E-state index in [-0.39, 0.29) is 5.00 Å². The third-order valence-corrected chi connectivity index (χ3v) is 4.05. The maximum absolute atomic E-state index is 5.87. The Kier molecular flexibility index (Phi) is 6.89. The van der Waals surface area contributed by atoms with Crippen LogP contribution in [0.3, 0.4) is 0 Å². The van der Waals surface area contributed by atoms with Crippen LogP contribution in [0.25, 0.3) is 0 Å². The Bertz CT molecular complexity index is 80.0. The van der Waals surface area contributed by atoms with Gasteiger partial charge in [-0.1, -0.05) is 0 Å². The van der Waals surface area contributed by atoms with Crippen molar-refractivity contribution in [2.45, 2.75) is 11.4 Å². The van der Waals surface area contributed by atoms with Gasteiger partial charge in [-0.3, -0.25) is 0 Å². The fourth-order valence-electron chi connectivity index (χ4n) is 0.632. The topological polar surface area (TPSA) is 18.5 Å². The van der Waals surface area contributed by atoms with Crippen LogP contribution in [-0.2, 0) is 8.85 Å². The summed E-state index contributed by atoms with van der Waals surface area (Å²) in [4.78, 5) is 0. The van der Waals surface area contributed by atoms with Crippen molar-refractivity contribution < 1.29 is 8.85 Å². The number of rotatable bonds is 5. The van der Waals surface area contributed by atoms with Crippen LogP contribution in [-0.4, -0.2) is 34.4 Å². The second kappa shape index (κ2) is 6.43. The molecule has 2 nitrogen and oxygen atoms in total. The second-order valence-electron chi connectivity index (χ2n) is 1.83. The lowest BCUT2D eigenvalue weighted by Gasteiger charge is -2.15. The Morgan fingerprint density at radius 2 is 1.90 bits per heavy atom. The highest BCUT2D eigenvalue weighted by molar-refractivity contribution is 6.59. The lowest BCUT2D eigenvalue weighted by Crippen LogP contribution is -2.31. The Balaban J connectivity index is 3.53. The maximum Gasteiger partial charge on any atom is 0.339 e. The average molecular weight is 203 g/mol. The molecule has 0 bridgehead atoms. The van der Waals surface area contributed by atoms with E-state index in [2.05, 4.69) is 0 Å². The molecule has 1 unspecified atom stereocenters. The first-order chi connectivity index (χ1) is 4.76. The third kappa shape index (κ3) is 3.78. The summed E-state index contributed by atoms with van der Waals surface area (Å²) in [5, 5.41) is -0.0208. The molecule has 10 heavy (non-hydrogen) atoms. The predicted octanol–water partition coefficient (Wildman–Crippen LogP) is 1.28. The van der Waals surface area contributed by atoms with Crippen molar-refractivity contribution in [3.63, 3.8) is 0 Å². The molecule has 0 aromatic carbocycles. The van der Waals surface area contributed by atoms with Gasteiger partial charge in [-0.05, 0) is 6.42 Å². The van der Waals surface area contributed by atoms with Gasteiger partial charge in [0, 0.05) is 20.1 Å². The Hall–Kier alpha value is 0.717. The van der Waals surface area contributed by atoms with Crippen molar-refractivity contribution in [1.29, 1.82) is 0 Å². The summed E-state index contributed by atoms with van der Waals surface area (Å²) in [6, 6.07) is 0. The molecule has 1 atom stereocenters. The smallest absolute Gasteiger partial charge is 0.339 e. The minimum Gasteiger partial charge on any atom is -0.399 e. The summed E-state index contributed by atoms with van der Waals surface area (Å²) in [6.07, 6.45) is 0.752. The standard InChI is InChI=1S/C5H12Cl2O2Si/c1-8-10(9-2)5(7)3-4-6/h5,10H,3-4H2,1-2H3. The first kappa shape index (κ1) is 10.7. The van der Waals surface area contributed by atoms with E-state index in [4.69, 9.17) is 32.1 Å². The van der Waals surface area contributed by atoms with Crippen molar-refractivity contribution in [3.8, 4) is 0 Å². The molecule has 0 aliphatic rings. The van der Waals surface area contributed by atoms with E-state index in [1.165, 1.54) is 0 Å². The average Bonchev–Trinajstić information content (AvgIpc) is 1.91. The monoisotopic (exact) mass is 202 g/mol. The van der Waals surface area contributed by atoms with E-state index in [1.54, 1.807) is 14.2 Å². The van der Waals surface area contributed by atoms with Crippen molar-refractivity contribution >= 4 is 32.5 Å². The van der Waals surface area contributed by atoms with Gasteiger partial charge in [0.2, 0.25) is 0 Å². The Morgan fingerprint density at radius 3 is 2.20 bits per heavy atom. The van der Waals surface area contributed by atoms with Crippen LogP contribution in [0, 0.1) is 0 Å². The maximum atomic E-state index is 5.87. The van der Waals surface area contributed by atoms with Crippen molar-refractivity contribution in [3.05, 3.63) is 0 Å². The molecule has 0 radical (unpaired) electrons. The van der Waals surface area contributed by atoms with E-state index >= 15 is 0 Å². The van der Waals surface area contributed by atoms with Gasteiger partial charge in [0.05, 0.1) is 5.00 Å². The van der Waals surface area contributed by atoms with Gasteiger partial charge in [0.15, 0.2) is 0 Å². The van der Waals surface area contributed by atoms with Crippen LogP contribution >= 0.6 is 23.2 Å². The van der Waals surface area contributed by atoms with Crippen LogP contribution in [0.5, 0.6) is 0 Å². The zero-order valence-electron chi connectivity index (χ0n) is 6.14. The SMILES string of the molecule is CO[SiH](OC)C(Cl)CCCl. The molecule has 0 aromatic rings. The summed E-state index contributed by atoms with van der Waals surface area (Å²) >= 11 is 11.4. The van der Waals surface area contributed by atoms with Gasteiger partial charge in [-0.2, -0.15) is 0 Å². The second-order valence-corrected chi connectivity index (χ2v) is 5.68. The van der Waals surface area contributed by atoms with E-state index in [9.17, 15) is 0 Å². The molecule has 0 saturated carbocycles. The van der Waals surface area contributed by atoms with Crippen LogP contribution in [0.4, 0.5) is 0 Å². The highest BCUT2D eigenvalue weighted by Gasteiger charge is 2.20. The van der Waals surface area contributed by atoms with Gasteiger partial charge in [-0.25, -0.2) is 0 Å². The quantitative estimate of drug-likeness (QED) is 0.495. The van der Waals surface area contributed by atoms with Crippen LogP contribution < -0.4 is 0 Å². The molecule has 0 rings (SSSR count). The van der Waals surface area contributed by atoms with Crippen LogP contribution in [0.15, 0.2) is 0 Å². The minimum absolute atomic E-state index is 0.0208. The highest BCUT2D eigenvalue weighted by atomic mass is 35.5. The summed E-state index contributed by atoms with van der Waals surface area (Å²) in [7, 11) is 1.61. The molecule has 0 spiro atoms. The summed E-state index contributed by atoms with van der Waals surface area (Å²) < 4.78 is 10.1. The predicted molar refractivity (Wildman–Crippen MR) is 46.1 cm³/mol. The molecule has 0 aliphatic heterocycles. The Morgan fingerprint density at radius 1 is 1.40 bits per heavy atom. The molecule has 0 aromatic heterocycles. The zero-order chi connectivity index (χ0) is 7.98. The molecule has 0 heterocycles. The summed E-state index contributed by atoms with van der Waals surface area (Å²) in [6.45, 7) is 0. The highest BCUT2D eigenvalue weighted by Crippen LogP contribution is 2.08. The Labute approximate surface area is 73.3 Å². The van der Waals surface area contributed by atoms with Crippen molar-refractivity contribution in [2.75, 3.05) is 20.1 Å². The van der Waals surface area contributed by atoms with E-state index in [1.807, 2.05) is 0 Å². The lowest BCUT2D eigenvalue weighted by atomic mass is 10.6.